The quantitative estimate of drug-likeness (QED) is 0.876. The van der Waals surface area contributed by atoms with Gasteiger partial charge in [-0.2, -0.15) is 0 Å². The Morgan fingerprint density at radius 1 is 1.29 bits per heavy atom. The Labute approximate surface area is 127 Å². The lowest BCUT2D eigenvalue weighted by molar-refractivity contribution is -0.117. The van der Waals surface area contributed by atoms with Crippen LogP contribution in [0.2, 0.25) is 0 Å². The minimum Gasteiger partial charge on any atom is -0.389 e. The van der Waals surface area contributed by atoms with Crippen LogP contribution in [0.1, 0.15) is 36.8 Å². The molecule has 0 unspecified atom stereocenters. The van der Waals surface area contributed by atoms with Gasteiger partial charge >= 0.3 is 0 Å². The van der Waals surface area contributed by atoms with E-state index >= 15 is 0 Å². The summed E-state index contributed by atoms with van der Waals surface area (Å²) in [6, 6.07) is 5.92. The molecule has 0 atom stereocenters. The van der Waals surface area contributed by atoms with E-state index in [-0.39, 0.29) is 5.91 Å². The summed E-state index contributed by atoms with van der Waals surface area (Å²) in [6.07, 6.45) is 3.85. The molecule has 2 N–H and O–H groups in total. The number of nitrogens with one attached hydrogen (secondary N) is 1. The van der Waals surface area contributed by atoms with E-state index < -0.39 is 5.60 Å². The molecule has 0 aromatic heterocycles. The van der Waals surface area contributed by atoms with Gasteiger partial charge in [-0.3, -0.25) is 9.69 Å². The first-order valence-corrected chi connectivity index (χ1v) is 7.66. The van der Waals surface area contributed by atoms with Crippen molar-refractivity contribution in [1.29, 1.82) is 0 Å². The van der Waals surface area contributed by atoms with Gasteiger partial charge < -0.3 is 10.4 Å². The minimum absolute atomic E-state index is 0.0395. The predicted octanol–water partition coefficient (Wildman–Crippen LogP) is 2.48. The molecule has 0 spiro atoms. The maximum absolute atomic E-state index is 12.1. The fourth-order valence-corrected chi connectivity index (χ4v) is 3.01. The first-order chi connectivity index (χ1) is 9.88. The van der Waals surface area contributed by atoms with Crippen LogP contribution in [0.3, 0.4) is 0 Å². The Morgan fingerprint density at radius 3 is 2.57 bits per heavy atom. The topological polar surface area (TPSA) is 52.6 Å². The number of nitrogens with zero attached hydrogens (tertiary/aromatic N) is 1. The molecule has 116 valence electrons. The molecule has 0 aliphatic heterocycles. The zero-order chi connectivity index (χ0) is 15.5. The van der Waals surface area contributed by atoms with E-state index in [4.69, 9.17) is 0 Å². The van der Waals surface area contributed by atoms with Crippen LogP contribution >= 0.6 is 0 Å². The van der Waals surface area contributed by atoms with E-state index in [1.54, 1.807) is 0 Å². The summed E-state index contributed by atoms with van der Waals surface area (Å²) in [4.78, 5) is 14.0. The van der Waals surface area contributed by atoms with Crippen LogP contribution in [0.4, 0.5) is 5.69 Å². The average molecular weight is 290 g/mol. The normalized spacial score (nSPS) is 17.2. The predicted molar refractivity (Wildman–Crippen MR) is 85.5 cm³/mol. The van der Waals surface area contributed by atoms with Crippen molar-refractivity contribution in [2.75, 3.05) is 25.5 Å². The third kappa shape index (κ3) is 4.55. The van der Waals surface area contributed by atoms with Crippen LogP contribution in [-0.4, -0.2) is 41.7 Å². The largest absolute Gasteiger partial charge is 0.389 e. The molecule has 1 aliphatic carbocycles. The highest BCUT2D eigenvalue weighted by Crippen LogP contribution is 2.29. The molecule has 0 bridgehead atoms. The molecule has 1 amide bonds. The fraction of sp³-hybridized carbons (Fsp3) is 0.588. The highest BCUT2D eigenvalue weighted by atomic mass is 16.3. The summed E-state index contributed by atoms with van der Waals surface area (Å²) in [5.41, 5.74) is 2.61. The molecule has 1 aromatic rings. The zero-order valence-electron chi connectivity index (χ0n) is 13.3. The van der Waals surface area contributed by atoms with Gasteiger partial charge in [-0.25, -0.2) is 0 Å². The van der Waals surface area contributed by atoms with Crippen molar-refractivity contribution in [2.24, 2.45) is 0 Å². The van der Waals surface area contributed by atoms with E-state index in [9.17, 15) is 9.90 Å². The van der Waals surface area contributed by atoms with E-state index in [0.717, 1.165) is 31.4 Å². The minimum atomic E-state index is -0.602. The lowest BCUT2D eigenvalue weighted by Gasteiger charge is -2.28. The van der Waals surface area contributed by atoms with Crippen molar-refractivity contribution in [3.63, 3.8) is 0 Å². The Hall–Kier alpha value is -1.39. The van der Waals surface area contributed by atoms with Crippen LogP contribution in [0, 0.1) is 13.8 Å². The monoisotopic (exact) mass is 290 g/mol. The first-order valence-electron chi connectivity index (χ1n) is 7.66. The molecule has 1 fully saturated rings. The first kappa shape index (κ1) is 16.0. The number of hydrogen-bond acceptors (Lipinski definition) is 3. The molecular formula is C17H26N2O2. The third-order valence-electron chi connectivity index (χ3n) is 4.30. The number of aliphatic hydroxyl groups is 1. The van der Waals surface area contributed by atoms with Crippen molar-refractivity contribution in [2.45, 2.75) is 45.1 Å². The van der Waals surface area contributed by atoms with Crippen LogP contribution in [0.25, 0.3) is 0 Å². The summed E-state index contributed by atoms with van der Waals surface area (Å²) in [5.74, 6) is -0.0395. The van der Waals surface area contributed by atoms with E-state index in [0.29, 0.717) is 13.1 Å². The standard InChI is InChI=1S/C17H26N2O2/c1-13-6-7-15(10-14(13)2)18-16(20)11-19(3)12-17(21)8-4-5-9-17/h6-7,10,21H,4-5,8-9,11-12H2,1-3H3,(H,18,20). The van der Waals surface area contributed by atoms with E-state index in [1.165, 1.54) is 11.1 Å². The van der Waals surface area contributed by atoms with Crippen LogP contribution in [0.15, 0.2) is 18.2 Å². The van der Waals surface area contributed by atoms with Crippen LogP contribution < -0.4 is 5.32 Å². The Balaban J connectivity index is 1.84. The van der Waals surface area contributed by atoms with Gasteiger partial charge in [0.2, 0.25) is 5.91 Å². The lowest BCUT2D eigenvalue weighted by atomic mass is 10.0. The second kappa shape index (κ2) is 6.58. The number of carbonyl (C=O) groups excluding carboxylic acids is 1. The van der Waals surface area contributed by atoms with E-state index in [1.807, 2.05) is 37.1 Å². The average Bonchev–Trinajstić information content (AvgIpc) is 2.79. The maximum Gasteiger partial charge on any atom is 0.238 e. The van der Waals surface area contributed by atoms with Crippen molar-refractivity contribution in [1.82, 2.24) is 4.90 Å². The van der Waals surface area contributed by atoms with Crippen molar-refractivity contribution < 1.29 is 9.90 Å². The van der Waals surface area contributed by atoms with Gasteiger partial charge in [0.25, 0.3) is 0 Å². The van der Waals surface area contributed by atoms with E-state index in [2.05, 4.69) is 12.2 Å². The van der Waals surface area contributed by atoms with Gasteiger partial charge in [-0.1, -0.05) is 18.9 Å². The summed E-state index contributed by atoms with van der Waals surface area (Å²) in [5, 5.41) is 13.3. The summed E-state index contributed by atoms with van der Waals surface area (Å²) in [7, 11) is 1.89. The van der Waals surface area contributed by atoms with Crippen molar-refractivity contribution >= 4 is 11.6 Å². The van der Waals surface area contributed by atoms with Gasteiger partial charge in [0.15, 0.2) is 0 Å². The number of rotatable bonds is 5. The van der Waals surface area contributed by atoms with Gasteiger partial charge in [0.05, 0.1) is 12.1 Å². The van der Waals surface area contributed by atoms with Gasteiger partial charge in [0.1, 0.15) is 0 Å². The second-order valence-electron chi connectivity index (χ2n) is 6.45. The molecule has 2 rings (SSSR count). The summed E-state index contributed by atoms with van der Waals surface area (Å²) in [6.45, 7) is 4.95. The number of carbonyl (C=O) groups is 1. The molecule has 0 radical (unpaired) electrons. The zero-order valence-corrected chi connectivity index (χ0v) is 13.3. The third-order valence-corrected chi connectivity index (χ3v) is 4.30. The van der Waals surface area contributed by atoms with Crippen LogP contribution in [0.5, 0.6) is 0 Å². The molecule has 1 aromatic carbocycles. The SMILES string of the molecule is Cc1ccc(NC(=O)CN(C)CC2(O)CCCC2)cc1C. The van der Waals surface area contributed by atoms with Crippen LogP contribution in [-0.2, 0) is 4.79 Å². The molecule has 1 saturated carbocycles. The second-order valence-corrected chi connectivity index (χ2v) is 6.45. The number of likely N-dealkylation sites (N-methyl/N-ethyl adjacent to an activating group) is 1. The number of anilines is 1. The number of hydrogen-bond donors (Lipinski definition) is 2. The van der Waals surface area contributed by atoms with Crippen molar-refractivity contribution in [3.05, 3.63) is 29.3 Å². The Bertz CT molecular complexity index is 508. The highest BCUT2D eigenvalue weighted by molar-refractivity contribution is 5.92. The summed E-state index contributed by atoms with van der Waals surface area (Å²) >= 11 is 0. The number of aryl methyl sites for hydroxylation is 2. The fourth-order valence-electron chi connectivity index (χ4n) is 3.01. The molecule has 0 saturated heterocycles. The van der Waals surface area contributed by atoms with Gasteiger partial charge in [-0.15, -0.1) is 0 Å². The Morgan fingerprint density at radius 2 is 1.95 bits per heavy atom. The lowest BCUT2D eigenvalue weighted by Crippen LogP contribution is -2.42. The highest BCUT2D eigenvalue weighted by Gasteiger charge is 2.32. The molecule has 4 nitrogen and oxygen atoms in total. The molecular weight excluding hydrogens is 264 g/mol. The molecule has 4 heteroatoms. The number of amides is 1. The molecule has 0 heterocycles. The molecule has 21 heavy (non-hydrogen) atoms. The Kier molecular flexibility index (Phi) is 5.01. The van der Waals surface area contributed by atoms with Gasteiger partial charge in [-0.05, 0) is 57.0 Å². The smallest absolute Gasteiger partial charge is 0.238 e. The van der Waals surface area contributed by atoms with Crippen molar-refractivity contribution in [3.8, 4) is 0 Å². The van der Waals surface area contributed by atoms with Gasteiger partial charge in [0, 0.05) is 12.2 Å². The molecule has 1 aliphatic rings. The maximum atomic E-state index is 12.1. The summed E-state index contributed by atoms with van der Waals surface area (Å²) < 4.78 is 0. The number of benzene rings is 1.